The van der Waals surface area contributed by atoms with Gasteiger partial charge in [-0.15, -0.1) is 0 Å². The van der Waals surface area contributed by atoms with Gasteiger partial charge in [0.2, 0.25) is 0 Å². The first-order valence-corrected chi connectivity index (χ1v) is 7.20. The van der Waals surface area contributed by atoms with Crippen LogP contribution in [-0.2, 0) is 0 Å². The highest BCUT2D eigenvalue weighted by atomic mass is 79.9. The number of rotatable bonds is 5. The number of hydrogen-bond acceptors (Lipinski definition) is 2. The first-order chi connectivity index (χ1) is 8.74. The third-order valence-electron chi connectivity index (χ3n) is 2.32. The van der Waals surface area contributed by atoms with Crippen LogP contribution in [0.4, 0.5) is 5.69 Å². The number of ether oxygens (including phenoxy) is 1. The molecule has 0 saturated carbocycles. The lowest BCUT2D eigenvalue weighted by atomic mass is 10.3. The first-order valence-electron chi connectivity index (χ1n) is 5.62. The highest BCUT2D eigenvalue weighted by Crippen LogP contribution is 2.18. The van der Waals surface area contributed by atoms with Gasteiger partial charge >= 0.3 is 0 Å². The van der Waals surface area contributed by atoms with Crippen molar-refractivity contribution in [3.8, 4) is 5.75 Å². The lowest BCUT2D eigenvalue weighted by molar-refractivity contribution is 0.332. The second-order valence-electron chi connectivity index (χ2n) is 3.74. The second kappa shape index (κ2) is 6.81. The molecule has 2 nitrogen and oxygen atoms in total. The summed E-state index contributed by atoms with van der Waals surface area (Å²) < 4.78 is 7.73. The van der Waals surface area contributed by atoms with E-state index in [2.05, 4.69) is 37.2 Å². The van der Waals surface area contributed by atoms with Crippen LogP contribution < -0.4 is 10.1 Å². The topological polar surface area (TPSA) is 21.3 Å². The summed E-state index contributed by atoms with van der Waals surface area (Å²) in [6.45, 7) is 1.39. The fraction of sp³-hybridized carbons (Fsp3) is 0.143. The molecular weight excluding hydrogens is 358 g/mol. The van der Waals surface area contributed by atoms with Crippen molar-refractivity contribution in [1.29, 1.82) is 0 Å². The molecular formula is C14H13Br2NO. The molecule has 2 aromatic carbocycles. The third-order valence-corrected chi connectivity index (χ3v) is 3.31. The third kappa shape index (κ3) is 4.35. The summed E-state index contributed by atoms with van der Waals surface area (Å²) in [7, 11) is 0. The van der Waals surface area contributed by atoms with E-state index >= 15 is 0 Å². The largest absolute Gasteiger partial charge is 0.492 e. The molecule has 0 bridgehead atoms. The lowest BCUT2D eigenvalue weighted by Crippen LogP contribution is -2.11. The smallest absolute Gasteiger partial charge is 0.120 e. The molecule has 0 atom stereocenters. The Morgan fingerprint density at radius 2 is 1.67 bits per heavy atom. The maximum atomic E-state index is 5.63. The Balaban J connectivity index is 1.76. The van der Waals surface area contributed by atoms with Gasteiger partial charge in [0.25, 0.3) is 0 Å². The van der Waals surface area contributed by atoms with Crippen molar-refractivity contribution in [3.05, 3.63) is 57.5 Å². The summed E-state index contributed by atoms with van der Waals surface area (Å²) in [6.07, 6.45) is 0. The molecule has 1 N–H and O–H groups in total. The first kappa shape index (κ1) is 13.4. The number of hydrogen-bond donors (Lipinski definition) is 1. The van der Waals surface area contributed by atoms with Gasteiger partial charge in [-0.3, -0.25) is 0 Å². The Labute approximate surface area is 124 Å². The molecule has 0 aliphatic rings. The number of halogens is 2. The minimum absolute atomic E-state index is 0.628. The van der Waals surface area contributed by atoms with E-state index in [0.29, 0.717) is 6.61 Å². The molecule has 0 aliphatic carbocycles. The van der Waals surface area contributed by atoms with Crippen LogP contribution in [0.3, 0.4) is 0 Å². The van der Waals surface area contributed by atoms with E-state index in [-0.39, 0.29) is 0 Å². The fourth-order valence-electron chi connectivity index (χ4n) is 1.52. The summed E-state index contributed by atoms with van der Waals surface area (Å²) in [5.41, 5.74) is 1.09. The van der Waals surface area contributed by atoms with Gasteiger partial charge in [0.15, 0.2) is 0 Å². The maximum Gasteiger partial charge on any atom is 0.120 e. The van der Waals surface area contributed by atoms with Crippen molar-refractivity contribution in [3.63, 3.8) is 0 Å². The highest BCUT2D eigenvalue weighted by Gasteiger charge is 1.95. The monoisotopic (exact) mass is 369 g/mol. The SMILES string of the molecule is Brc1cccc(NCCOc2cccc(Br)c2)c1. The van der Waals surface area contributed by atoms with Crippen molar-refractivity contribution in [2.75, 3.05) is 18.5 Å². The molecule has 0 spiro atoms. The minimum Gasteiger partial charge on any atom is -0.492 e. The van der Waals surface area contributed by atoms with Gasteiger partial charge in [-0.1, -0.05) is 44.0 Å². The fourth-order valence-corrected chi connectivity index (χ4v) is 2.30. The second-order valence-corrected chi connectivity index (χ2v) is 5.57. The molecule has 0 saturated heterocycles. The van der Waals surface area contributed by atoms with Gasteiger partial charge in [0.05, 0.1) is 0 Å². The van der Waals surface area contributed by atoms with Crippen molar-refractivity contribution >= 4 is 37.5 Å². The molecule has 2 rings (SSSR count). The van der Waals surface area contributed by atoms with Crippen LogP contribution in [0.15, 0.2) is 57.5 Å². The van der Waals surface area contributed by atoms with Crippen LogP contribution in [0.2, 0.25) is 0 Å². The quantitative estimate of drug-likeness (QED) is 0.770. The number of nitrogens with one attached hydrogen (secondary N) is 1. The summed E-state index contributed by atoms with van der Waals surface area (Å²) in [4.78, 5) is 0. The molecule has 0 fully saturated rings. The lowest BCUT2D eigenvalue weighted by Gasteiger charge is -2.09. The Hall–Kier alpha value is -1.00. The molecule has 0 unspecified atom stereocenters. The predicted octanol–water partition coefficient (Wildman–Crippen LogP) is 4.70. The van der Waals surface area contributed by atoms with Gasteiger partial charge in [0, 0.05) is 21.2 Å². The van der Waals surface area contributed by atoms with Gasteiger partial charge in [0.1, 0.15) is 12.4 Å². The van der Waals surface area contributed by atoms with Gasteiger partial charge in [-0.05, 0) is 36.4 Å². The van der Waals surface area contributed by atoms with Crippen molar-refractivity contribution in [2.24, 2.45) is 0 Å². The van der Waals surface area contributed by atoms with Crippen molar-refractivity contribution < 1.29 is 4.74 Å². The van der Waals surface area contributed by atoms with E-state index in [0.717, 1.165) is 26.9 Å². The van der Waals surface area contributed by atoms with Gasteiger partial charge < -0.3 is 10.1 Å². The zero-order valence-electron chi connectivity index (χ0n) is 9.70. The molecule has 2 aromatic rings. The van der Waals surface area contributed by atoms with E-state index in [9.17, 15) is 0 Å². The zero-order valence-corrected chi connectivity index (χ0v) is 12.9. The summed E-state index contributed by atoms with van der Waals surface area (Å²) in [6, 6.07) is 15.9. The maximum absolute atomic E-state index is 5.63. The van der Waals surface area contributed by atoms with Gasteiger partial charge in [-0.2, -0.15) is 0 Å². The van der Waals surface area contributed by atoms with Crippen molar-refractivity contribution in [1.82, 2.24) is 0 Å². The minimum atomic E-state index is 0.628. The number of benzene rings is 2. The Kier molecular flexibility index (Phi) is 5.08. The average molecular weight is 371 g/mol. The molecule has 0 heterocycles. The molecule has 0 radical (unpaired) electrons. The van der Waals surface area contributed by atoms with Crippen LogP contribution in [0.5, 0.6) is 5.75 Å². The molecule has 0 aliphatic heterocycles. The summed E-state index contributed by atoms with van der Waals surface area (Å²) >= 11 is 6.85. The molecule has 94 valence electrons. The van der Waals surface area contributed by atoms with Crippen LogP contribution in [0.25, 0.3) is 0 Å². The van der Waals surface area contributed by atoms with E-state index in [4.69, 9.17) is 4.74 Å². The van der Waals surface area contributed by atoms with E-state index in [1.54, 1.807) is 0 Å². The summed E-state index contributed by atoms with van der Waals surface area (Å²) in [5, 5.41) is 3.30. The standard InChI is InChI=1S/C14H13Br2NO/c15-11-3-1-5-13(9-11)17-7-8-18-14-6-2-4-12(16)10-14/h1-6,9-10,17H,7-8H2. The van der Waals surface area contributed by atoms with Crippen LogP contribution in [0, 0.1) is 0 Å². The molecule has 18 heavy (non-hydrogen) atoms. The predicted molar refractivity (Wildman–Crippen MR) is 82.3 cm³/mol. The number of anilines is 1. The van der Waals surface area contributed by atoms with E-state index < -0.39 is 0 Å². The van der Waals surface area contributed by atoms with Gasteiger partial charge in [-0.25, -0.2) is 0 Å². The summed E-state index contributed by atoms with van der Waals surface area (Å²) in [5.74, 6) is 0.875. The van der Waals surface area contributed by atoms with Crippen LogP contribution >= 0.6 is 31.9 Å². The Morgan fingerprint density at radius 3 is 2.39 bits per heavy atom. The molecule has 0 aromatic heterocycles. The van der Waals surface area contributed by atoms with Crippen molar-refractivity contribution in [2.45, 2.75) is 0 Å². The zero-order chi connectivity index (χ0) is 12.8. The average Bonchev–Trinajstić information content (AvgIpc) is 2.35. The van der Waals surface area contributed by atoms with Crippen LogP contribution in [-0.4, -0.2) is 13.2 Å². The highest BCUT2D eigenvalue weighted by molar-refractivity contribution is 9.10. The molecule has 4 heteroatoms. The molecule has 0 amide bonds. The van der Waals surface area contributed by atoms with E-state index in [1.807, 2.05) is 48.5 Å². The van der Waals surface area contributed by atoms with Crippen LogP contribution in [0.1, 0.15) is 0 Å². The Bertz CT molecular complexity index is 469. The van der Waals surface area contributed by atoms with E-state index in [1.165, 1.54) is 0 Å². The Morgan fingerprint density at radius 1 is 0.944 bits per heavy atom. The normalized spacial score (nSPS) is 10.1.